The fraction of sp³-hybridized carbons (Fsp3) is 0.259. The number of benzene rings is 3. The number of rotatable bonds is 5. The van der Waals surface area contributed by atoms with Crippen LogP contribution in [0.5, 0.6) is 5.75 Å². The van der Waals surface area contributed by atoms with E-state index in [4.69, 9.17) is 4.74 Å². The third kappa shape index (κ3) is 3.44. The molecule has 5 rings (SSSR count). The number of carboxylic acid groups (broad SMARTS) is 1. The lowest BCUT2D eigenvalue weighted by Crippen LogP contribution is -2.27. The van der Waals surface area contributed by atoms with E-state index in [2.05, 4.69) is 11.4 Å². The van der Waals surface area contributed by atoms with Gasteiger partial charge in [0.25, 0.3) is 0 Å². The number of fused-ring (bicyclic) bond motifs is 1. The summed E-state index contributed by atoms with van der Waals surface area (Å²) in [5.74, 6) is 0.00627. The Morgan fingerprint density at radius 3 is 2.47 bits per heavy atom. The maximum absolute atomic E-state index is 13.3. The van der Waals surface area contributed by atoms with Crippen molar-refractivity contribution in [1.82, 2.24) is 0 Å². The van der Waals surface area contributed by atoms with Gasteiger partial charge in [0.15, 0.2) is 0 Å². The summed E-state index contributed by atoms with van der Waals surface area (Å²) >= 11 is 0. The number of aryl methyl sites for hydroxylation is 2. The van der Waals surface area contributed by atoms with E-state index in [-0.39, 0.29) is 11.5 Å². The van der Waals surface area contributed by atoms with Gasteiger partial charge in [-0.25, -0.2) is 4.79 Å². The monoisotopic (exact) mass is 427 g/mol. The molecule has 1 aliphatic carbocycles. The zero-order chi connectivity index (χ0) is 22.5. The van der Waals surface area contributed by atoms with Gasteiger partial charge in [-0.2, -0.15) is 0 Å². The Kier molecular flexibility index (Phi) is 4.77. The van der Waals surface area contributed by atoms with Crippen molar-refractivity contribution in [2.75, 3.05) is 11.9 Å². The van der Waals surface area contributed by atoms with E-state index in [1.807, 2.05) is 50.2 Å². The van der Waals surface area contributed by atoms with Crippen LogP contribution < -0.4 is 10.1 Å². The normalized spacial score (nSPS) is 15.6. The van der Waals surface area contributed by atoms with Gasteiger partial charge in [-0.3, -0.25) is 4.79 Å². The molecule has 0 unspecified atom stereocenters. The van der Waals surface area contributed by atoms with Crippen molar-refractivity contribution in [1.29, 1.82) is 0 Å². The Balaban J connectivity index is 1.42. The molecule has 2 aliphatic rings. The summed E-state index contributed by atoms with van der Waals surface area (Å²) in [6, 6.07) is 17.1. The lowest BCUT2D eigenvalue weighted by Gasteiger charge is -2.18. The highest BCUT2D eigenvalue weighted by molar-refractivity contribution is 6.02. The Labute approximate surface area is 187 Å². The number of ether oxygens (including phenoxy) is 1. The number of nitrogens with one attached hydrogen (secondary N) is 1. The first-order valence-electron chi connectivity index (χ1n) is 10.9. The highest BCUT2D eigenvalue weighted by Gasteiger charge is 2.51. The third-order valence-electron chi connectivity index (χ3n) is 6.69. The van der Waals surface area contributed by atoms with Crippen LogP contribution in [0.25, 0.3) is 11.1 Å². The molecule has 162 valence electrons. The maximum atomic E-state index is 13.3. The number of hydrogen-bond acceptors (Lipinski definition) is 3. The van der Waals surface area contributed by atoms with Crippen LogP contribution in [0.1, 0.15) is 45.5 Å². The molecule has 3 aromatic carbocycles. The van der Waals surface area contributed by atoms with Gasteiger partial charge in [0.05, 0.1) is 17.6 Å². The van der Waals surface area contributed by atoms with Crippen LogP contribution >= 0.6 is 0 Å². The van der Waals surface area contributed by atoms with Gasteiger partial charge in [0.2, 0.25) is 5.91 Å². The number of carboxylic acids is 1. The van der Waals surface area contributed by atoms with Crippen LogP contribution in [0.4, 0.5) is 5.69 Å². The van der Waals surface area contributed by atoms with Crippen molar-refractivity contribution in [2.24, 2.45) is 0 Å². The second-order valence-corrected chi connectivity index (χ2v) is 8.82. The molecule has 0 bridgehead atoms. The number of anilines is 1. The molecular formula is C27H25NO4. The van der Waals surface area contributed by atoms with Crippen LogP contribution in [0.2, 0.25) is 0 Å². The molecule has 0 radical (unpaired) electrons. The van der Waals surface area contributed by atoms with E-state index in [0.29, 0.717) is 6.61 Å². The van der Waals surface area contributed by atoms with E-state index < -0.39 is 11.4 Å². The van der Waals surface area contributed by atoms with Crippen LogP contribution in [0, 0.1) is 13.8 Å². The predicted octanol–water partition coefficient (Wildman–Crippen LogP) is 5.27. The molecule has 0 aromatic heterocycles. The topological polar surface area (TPSA) is 75.6 Å². The number of carbonyl (C=O) groups excluding carboxylic acids is 1. The fourth-order valence-electron chi connectivity index (χ4n) is 4.60. The Hall–Kier alpha value is -3.60. The largest absolute Gasteiger partial charge is 0.493 e. The standard InChI is InChI=1S/C27H25NO4/c1-16-3-6-21(15-23(16)22-7-4-19(25(29)30)13-17(22)2)28-26(31)27(10-11-27)20-5-8-24-18(14-20)9-12-32-24/h3-8,13-15H,9-12H2,1-2H3,(H,28,31)(H,29,30). The first-order chi connectivity index (χ1) is 15.4. The van der Waals surface area contributed by atoms with E-state index in [9.17, 15) is 14.7 Å². The van der Waals surface area contributed by atoms with Crippen molar-refractivity contribution in [2.45, 2.75) is 38.5 Å². The summed E-state index contributed by atoms with van der Waals surface area (Å²) < 4.78 is 5.61. The van der Waals surface area contributed by atoms with Crippen molar-refractivity contribution in [3.63, 3.8) is 0 Å². The van der Waals surface area contributed by atoms with Gasteiger partial charge < -0.3 is 15.2 Å². The molecule has 3 aromatic rings. The van der Waals surface area contributed by atoms with Crippen LogP contribution in [-0.4, -0.2) is 23.6 Å². The molecule has 5 nitrogen and oxygen atoms in total. The molecule has 0 saturated heterocycles. The number of amides is 1. The molecule has 0 spiro atoms. The van der Waals surface area contributed by atoms with Gasteiger partial charge in [0, 0.05) is 12.1 Å². The smallest absolute Gasteiger partial charge is 0.335 e. The minimum atomic E-state index is -0.940. The molecule has 1 heterocycles. The van der Waals surface area contributed by atoms with Gasteiger partial charge in [-0.15, -0.1) is 0 Å². The molecule has 2 N–H and O–H groups in total. The predicted molar refractivity (Wildman–Crippen MR) is 123 cm³/mol. The number of aromatic carboxylic acids is 1. The van der Waals surface area contributed by atoms with Gasteiger partial charge in [-0.1, -0.05) is 24.3 Å². The quantitative estimate of drug-likeness (QED) is 0.581. The zero-order valence-corrected chi connectivity index (χ0v) is 18.2. The molecule has 32 heavy (non-hydrogen) atoms. The molecule has 1 amide bonds. The first-order valence-corrected chi connectivity index (χ1v) is 10.9. The first kappa shape index (κ1) is 20.3. The summed E-state index contributed by atoms with van der Waals surface area (Å²) in [6.07, 6.45) is 2.57. The maximum Gasteiger partial charge on any atom is 0.335 e. The van der Waals surface area contributed by atoms with Crippen LogP contribution in [0.3, 0.4) is 0 Å². The molecule has 1 fully saturated rings. The fourth-order valence-corrected chi connectivity index (χ4v) is 4.60. The summed E-state index contributed by atoms with van der Waals surface area (Å²) in [7, 11) is 0. The van der Waals surface area contributed by atoms with Gasteiger partial charge in [0.1, 0.15) is 5.75 Å². The summed E-state index contributed by atoms with van der Waals surface area (Å²) in [5, 5.41) is 12.4. The Bertz CT molecular complexity index is 1260. The second kappa shape index (κ2) is 7.52. The average molecular weight is 428 g/mol. The van der Waals surface area contributed by atoms with E-state index in [1.54, 1.807) is 12.1 Å². The lowest BCUT2D eigenvalue weighted by atomic mass is 9.92. The van der Waals surface area contributed by atoms with E-state index in [0.717, 1.165) is 58.5 Å². The van der Waals surface area contributed by atoms with Crippen LogP contribution in [-0.2, 0) is 16.6 Å². The summed E-state index contributed by atoms with van der Waals surface area (Å²) in [5.41, 5.74) is 6.68. The minimum Gasteiger partial charge on any atom is -0.493 e. The van der Waals surface area contributed by atoms with Gasteiger partial charge in [-0.05, 0) is 90.4 Å². The Morgan fingerprint density at radius 1 is 0.938 bits per heavy atom. The SMILES string of the molecule is Cc1cc(C(=O)O)ccc1-c1cc(NC(=O)C2(c3ccc4c(c3)CCO4)CC2)ccc1C. The van der Waals surface area contributed by atoms with E-state index >= 15 is 0 Å². The van der Waals surface area contributed by atoms with E-state index in [1.165, 1.54) is 5.56 Å². The molecule has 1 aliphatic heterocycles. The highest BCUT2D eigenvalue weighted by atomic mass is 16.5. The van der Waals surface area contributed by atoms with Crippen molar-refractivity contribution < 1.29 is 19.4 Å². The minimum absolute atomic E-state index is 0.0177. The summed E-state index contributed by atoms with van der Waals surface area (Å²) in [4.78, 5) is 24.6. The molecule has 5 heteroatoms. The van der Waals surface area contributed by atoms with Crippen molar-refractivity contribution in [3.8, 4) is 16.9 Å². The second-order valence-electron chi connectivity index (χ2n) is 8.82. The summed E-state index contributed by atoms with van der Waals surface area (Å²) in [6.45, 7) is 4.63. The molecule has 0 atom stereocenters. The van der Waals surface area contributed by atoms with Crippen molar-refractivity contribution in [3.05, 3.63) is 82.4 Å². The van der Waals surface area contributed by atoms with Crippen LogP contribution in [0.15, 0.2) is 54.6 Å². The molecular weight excluding hydrogens is 402 g/mol. The highest BCUT2D eigenvalue weighted by Crippen LogP contribution is 2.50. The zero-order valence-electron chi connectivity index (χ0n) is 18.2. The average Bonchev–Trinajstić information content (AvgIpc) is 3.46. The van der Waals surface area contributed by atoms with Gasteiger partial charge >= 0.3 is 5.97 Å². The third-order valence-corrected chi connectivity index (χ3v) is 6.69. The number of hydrogen-bond donors (Lipinski definition) is 2. The molecule has 1 saturated carbocycles. The van der Waals surface area contributed by atoms with Crippen molar-refractivity contribution >= 4 is 17.6 Å². The number of carbonyl (C=O) groups is 2. The Morgan fingerprint density at radius 2 is 1.75 bits per heavy atom. The lowest BCUT2D eigenvalue weighted by molar-refractivity contribution is -0.118.